The largest absolute Gasteiger partial charge is 0.464 e. The molecule has 4 atom stereocenters. The average molecular weight is 618 g/mol. The molecule has 0 bridgehead atoms. The molecule has 2 aliphatic rings. The van der Waals surface area contributed by atoms with Crippen LogP contribution in [0.2, 0.25) is 0 Å². The number of rotatable bonds is 11. The number of β-lactam (4-membered cyclic amide) rings is 1. The molecule has 2 saturated heterocycles. The van der Waals surface area contributed by atoms with E-state index in [9.17, 15) is 34.1 Å². The highest BCUT2D eigenvalue weighted by Gasteiger charge is 2.61. The number of esters is 2. The third-order valence-electron chi connectivity index (χ3n) is 6.66. The van der Waals surface area contributed by atoms with Crippen molar-refractivity contribution in [2.45, 2.75) is 31.1 Å². The maximum Gasteiger partial charge on any atom is 0.322 e. The zero-order valence-electron chi connectivity index (χ0n) is 22.0. The number of nitro benzene ring substituents is 1. The van der Waals surface area contributed by atoms with Crippen molar-refractivity contribution in [1.29, 1.82) is 0 Å². The van der Waals surface area contributed by atoms with E-state index in [2.05, 4.69) is 5.32 Å². The van der Waals surface area contributed by atoms with E-state index in [1.807, 2.05) is 0 Å². The number of hydrogen-bond donors (Lipinski definition) is 1. The molecule has 2 aromatic carbocycles. The summed E-state index contributed by atoms with van der Waals surface area (Å²) < 4.78 is 15.7. The molecule has 3 unspecified atom stereocenters. The molecular weight excluding hydrogens is 594 g/mol. The third kappa shape index (κ3) is 6.24. The first-order valence-corrected chi connectivity index (χ1v) is 13.7. The number of ether oxygens (including phenoxy) is 3. The van der Waals surface area contributed by atoms with E-state index in [0.29, 0.717) is 11.1 Å². The second kappa shape index (κ2) is 13.0. The Morgan fingerprint density at radius 1 is 1.19 bits per heavy atom. The van der Waals surface area contributed by atoms with E-state index >= 15 is 0 Å². The van der Waals surface area contributed by atoms with Gasteiger partial charge in [-0.05, 0) is 17.7 Å². The van der Waals surface area contributed by atoms with Crippen molar-refractivity contribution in [3.8, 4) is 0 Å². The van der Waals surface area contributed by atoms with Crippen molar-refractivity contribution in [2.75, 3.05) is 13.2 Å². The van der Waals surface area contributed by atoms with Gasteiger partial charge in [-0.15, -0.1) is 11.8 Å². The molecule has 1 N–H and O–H groups in total. The maximum atomic E-state index is 13.5. The Balaban J connectivity index is 1.51. The summed E-state index contributed by atoms with van der Waals surface area (Å²) in [6.07, 6.45) is -1.29. The second-order valence-electron chi connectivity index (χ2n) is 9.32. The number of nitrogens with one attached hydrogen (secondary N) is 1. The van der Waals surface area contributed by atoms with Crippen LogP contribution in [0.15, 0.2) is 65.0 Å². The highest BCUT2D eigenvalue weighted by molar-refractivity contribution is 8.04. The first kappa shape index (κ1) is 30.5. The summed E-state index contributed by atoms with van der Waals surface area (Å²) in [7, 11) is 0. The Morgan fingerprint density at radius 2 is 1.88 bits per heavy atom. The highest BCUT2D eigenvalue weighted by Crippen LogP contribution is 2.51. The Kier molecular flexibility index (Phi) is 9.48. The van der Waals surface area contributed by atoms with E-state index in [-0.39, 0.29) is 30.2 Å². The minimum atomic E-state index is -1.67. The van der Waals surface area contributed by atoms with Crippen molar-refractivity contribution < 1.29 is 43.1 Å². The lowest BCUT2D eigenvalue weighted by atomic mass is 9.85. The number of nitrogens with zero attached hydrogens (tertiary/aromatic N) is 2. The zero-order valence-corrected chi connectivity index (χ0v) is 23.5. The number of thioether (sulfide) groups is 1. The average Bonchev–Trinajstić information content (AvgIpc) is 3.00. The summed E-state index contributed by atoms with van der Waals surface area (Å²) in [6, 6.07) is 12.6. The molecule has 4 rings (SSSR count). The number of carbonyl (C=O) groups is 5. The number of amides is 2. The van der Waals surface area contributed by atoms with Crippen molar-refractivity contribution in [3.63, 3.8) is 0 Å². The molecule has 0 aromatic heterocycles. The SMILES string of the molecule is CC(=O)OCC1(C(=O)OCc2ccc([N+](=O)[O-])cc2)CN2C(=O)C(NC(=O)C(OC=O)c3ccccc3)[C@H]2SC1=CCl. The fourth-order valence-corrected chi connectivity index (χ4v) is 6.20. The molecule has 15 heteroatoms. The number of non-ortho nitro benzene ring substituents is 1. The molecule has 220 valence electrons. The lowest BCUT2D eigenvalue weighted by Crippen LogP contribution is -2.74. The van der Waals surface area contributed by atoms with E-state index in [4.69, 9.17) is 25.8 Å². The summed E-state index contributed by atoms with van der Waals surface area (Å²) in [5, 5.41) is 12.8. The summed E-state index contributed by atoms with van der Waals surface area (Å²) in [5.41, 5.74) is 0.182. The van der Waals surface area contributed by atoms with Crippen molar-refractivity contribution >= 4 is 59.3 Å². The van der Waals surface area contributed by atoms with Gasteiger partial charge in [0, 0.05) is 41.6 Å². The standard InChI is InChI=1S/C27H24ClN3O10S/c1-16(33)40-14-27(26(36)39-12-17-7-9-19(10-8-17)31(37)38)13-30-24(35)21(25(30)42-20(27)11-28)29-23(34)22(41-15-32)18-5-3-2-4-6-18/h2-11,15,21-22,25H,12-14H2,1H3,(H,29,34)/t21?,22?,25-,27?/m1/s1. The van der Waals surface area contributed by atoms with Gasteiger partial charge in [-0.1, -0.05) is 41.9 Å². The van der Waals surface area contributed by atoms with Gasteiger partial charge in [0.2, 0.25) is 12.0 Å². The van der Waals surface area contributed by atoms with E-state index in [1.54, 1.807) is 30.3 Å². The summed E-state index contributed by atoms with van der Waals surface area (Å²) in [6.45, 7) is 0.287. The van der Waals surface area contributed by atoms with Gasteiger partial charge in [0.15, 0.2) is 5.41 Å². The highest BCUT2D eigenvalue weighted by atomic mass is 35.5. The van der Waals surface area contributed by atoms with Gasteiger partial charge in [0.05, 0.1) is 4.92 Å². The smallest absolute Gasteiger partial charge is 0.322 e. The number of halogens is 1. The minimum Gasteiger partial charge on any atom is -0.464 e. The van der Waals surface area contributed by atoms with Crippen LogP contribution < -0.4 is 5.32 Å². The molecule has 0 aliphatic carbocycles. The number of hydrogen-bond acceptors (Lipinski definition) is 11. The van der Waals surface area contributed by atoms with Crippen molar-refractivity contribution in [1.82, 2.24) is 10.2 Å². The van der Waals surface area contributed by atoms with Crippen LogP contribution in [0.1, 0.15) is 24.2 Å². The normalized spacial score (nSPS) is 22.7. The molecule has 0 saturated carbocycles. The van der Waals surface area contributed by atoms with Crippen molar-refractivity contribution in [2.24, 2.45) is 5.41 Å². The predicted molar refractivity (Wildman–Crippen MR) is 147 cm³/mol. The van der Waals surface area contributed by atoms with E-state index in [1.165, 1.54) is 29.2 Å². The fraction of sp³-hybridized carbons (Fsp3) is 0.296. The van der Waals surface area contributed by atoms with Crippen LogP contribution in [0.5, 0.6) is 0 Å². The Bertz CT molecular complexity index is 1420. The van der Waals surface area contributed by atoms with Crippen LogP contribution in [-0.2, 0) is 44.8 Å². The molecule has 0 spiro atoms. The monoisotopic (exact) mass is 617 g/mol. The van der Waals surface area contributed by atoms with Gasteiger partial charge in [0.25, 0.3) is 18.1 Å². The third-order valence-corrected chi connectivity index (χ3v) is 8.54. The van der Waals surface area contributed by atoms with Crippen LogP contribution in [0.4, 0.5) is 5.69 Å². The lowest BCUT2D eigenvalue weighted by Gasteiger charge is -2.54. The minimum absolute atomic E-state index is 0.135. The van der Waals surface area contributed by atoms with Crippen LogP contribution in [0, 0.1) is 15.5 Å². The number of nitro groups is 1. The maximum absolute atomic E-state index is 13.5. The van der Waals surface area contributed by atoms with Crippen LogP contribution >= 0.6 is 23.4 Å². The number of carbonyl (C=O) groups excluding carboxylic acids is 5. The Hall–Kier alpha value is -4.43. The Labute approximate surface area is 248 Å². The lowest BCUT2D eigenvalue weighted by molar-refractivity contribution is -0.384. The predicted octanol–water partition coefficient (Wildman–Crippen LogP) is 2.58. The molecule has 2 aliphatic heterocycles. The molecule has 2 heterocycles. The fourth-order valence-electron chi connectivity index (χ4n) is 4.47. The molecule has 2 aromatic rings. The first-order valence-electron chi connectivity index (χ1n) is 12.4. The molecule has 13 nitrogen and oxygen atoms in total. The summed E-state index contributed by atoms with van der Waals surface area (Å²) >= 11 is 7.15. The number of fused-ring (bicyclic) bond motifs is 1. The Morgan fingerprint density at radius 3 is 2.48 bits per heavy atom. The van der Waals surface area contributed by atoms with Gasteiger partial charge in [-0.25, -0.2) is 0 Å². The molecule has 0 radical (unpaired) electrons. The second-order valence-corrected chi connectivity index (χ2v) is 10.7. The van der Waals surface area contributed by atoms with Gasteiger partial charge in [-0.2, -0.15) is 0 Å². The molecular formula is C27H24ClN3O10S. The van der Waals surface area contributed by atoms with Crippen LogP contribution in [-0.4, -0.2) is 64.6 Å². The zero-order chi connectivity index (χ0) is 30.4. The van der Waals surface area contributed by atoms with Gasteiger partial charge in [0.1, 0.15) is 24.6 Å². The molecule has 42 heavy (non-hydrogen) atoms. The molecule has 2 amide bonds. The molecule has 2 fully saturated rings. The number of benzene rings is 2. The van der Waals surface area contributed by atoms with Gasteiger partial charge in [-0.3, -0.25) is 34.1 Å². The van der Waals surface area contributed by atoms with Crippen LogP contribution in [0.3, 0.4) is 0 Å². The van der Waals surface area contributed by atoms with Crippen LogP contribution in [0.25, 0.3) is 0 Å². The summed E-state index contributed by atoms with van der Waals surface area (Å²) in [4.78, 5) is 74.4. The van der Waals surface area contributed by atoms with Gasteiger partial charge < -0.3 is 24.4 Å². The summed E-state index contributed by atoms with van der Waals surface area (Å²) in [5.74, 6) is -2.77. The van der Waals surface area contributed by atoms with E-state index < -0.39 is 58.2 Å². The van der Waals surface area contributed by atoms with Gasteiger partial charge >= 0.3 is 11.9 Å². The van der Waals surface area contributed by atoms with Crippen molar-refractivity contribution in [3.05, 3.63) is 86.3 Å². The topological polar surface area (TPSA) is 171 Å². The van der Waals surface area contributed by atoms with E-state index in [0.717, 1.165) is 24.2 Å². The quantitative estimate of drug-likeness (QED) is 0.0981. The first-order chi connectivity index (χ1) is 20.1.